The van der Waals surface area contributed by atoms with E-state index in [1.54, 1.807) is 6.07 Å². The van der Waals surface area contributed by atoms with Crippen molar-refractivity contribution in [1.29, 1.82) is 0 Å². The number of aliphatic hydroxyl groups excluding tert-OH is 1. The summed E-state index contributed by atoms with van der Waals surface area (Å²) in [6.07, 6.45) is 4.55. The summed E-state index contributed by atoms with van der Waals surface area (Å²) >= 11 is 5.80. The van der Waals surface area contributed by atoms with E-state index in [0.717, 1.165) is 12.8 Å². The molecule has 2 atom stereocenters. The molecule has 0 saturated heterocycles. The van der Waals surface area contributed by atoms with Gasteiger partial charge in [-0.1, -0.05) is 51.1 Å². The zero-order valence-electron chi connectivity index (χ0n) is 11.1. The molecular formula is C15H22ClFO. The Balaban J connectivity index is 2.65. The Labute approximate surface area is 114 Å². The third-order valence-corrected chi connectivity index (χ3v) is 3.59. The lowest BCUT2D eigenvalue weighted by Gasteiger charge is -2.19. The number of unbranched alkanes of at least 4 members (excludes halogenated alkanes) is 1. The van der Waals surface area contributed by atoms with Gasteiger partial charge in [0.05, 0.1) is 6.10 Å². The van der Waals surface area contributed by atoms with Gasteiger partial charge in [-0.3, -0.25) is 0 Å². The Morgan fingerprint density at radius 3 is 2.56 bits per heavy atom. The van der Waals surface area contributed by atoms with Crippen LogP contribution in [0.15, 0.2) is 18.2 Å². The number of aliphatic hydroxyl groups is 1. The minimum atomic E-state index is -0.625. The van der Waals surface area contributed by atoms with Crippen molar-refractivity contribution in [2.75, 3.05) is 0 Å². The molecule has 1 N–H and O–H groups in total. The van der Waals surface area contributed by atoms with Crippen LogP contribution in [0.5, 0.6) is 0 Å². The van der Waals surface area contributed by atoms with E-state index in [2.05, 4.69) is 13.8 Å². The van der Waals surface area contributed by atoms with Crippen LogP contribution in [-0.4, -0.2) is 5.11 Å². The molecule has 0 saturated carbocycles. The Hall–Kier alpha value is -0.600. The summed E-state index contributed by atoms with van der Waals surface area (Å²) in [4.78, 5) is 0. The predicted molar refractivity (Wildman–Crippen MR) is 74.3 cm³/mol. The normalized spacial score (nSPS) is 14.5. The van der Waals surface area contributed by atoms with Crippen molar-refractivity contribution in [1.82, 2.24) is 0 Å². The third-order valence-electron chi connectivity index (χ3n) is 3.37. The minimum Gasteiger partial charge on any atom is -0.388 e. The summed E-state index contributed by atoms with van der Waals surface area (Å²) in [5.74, 6) is 0.0974. The molecule has 0 radical (unpaired) electrons. The SMILES string of the molecule is CCCCC(CC)CC(O)c1cc(F)cc(Cl)c1. The summed E-state index contributed by atoms with van der Waals surface area (Å²) in [6.45, 7) is 4.29. The molecule has 0 bridgehead atoms. The van der Waals surface area contributed by atoms with E-state index in [-0.39, 0.29) is 0 Å². The van der Waals surface area contributed by atoms with Crippen LogP contribution in [0, 0.1) is 11.7 Å². The standard InChI is InChI=1S/C15H22ClFO/c1-3-5-6-11(4-2)7-15(18)12-8-13(16)10-14(17)9-12/h8-11,15,18H,3-7H2,1-2H3. The highest BCUT2D eigenvalue weighted by Gasteiger charge is 2.15. The highest BCUT2D eigenvalue weighted by atomic mass is 35.5. The third kappa shape index (κ3) is 4.95. The maximum Gasteiger partial charge on any atom is 0.125 e. The summed E-state index contributed by atoms with van der Waals surface area (Å²) < 4.78 is 13.2. The molecule has 0 aliphatic heterocycles. The first-order valence-corrected chi connectivity index (χ1v) is 7.08. The number of benzene rings is 1. The van der Waals surface area contributed by atoms with Crippen molar-refractivity contribution in [2.45, 2.75) is 52.1 Å². The Kier molecular flexibility index (Phi) is 6.66. The maximum absolute atomic E-state index is 13.2. The van der Waals surface area contributed by atoms with Crippen molar-refractivity contribution >= 4 is 11.6 Å². The number of hydrogen-bond acceptors (Lipinski definition) is 1. The lowest BCUT2D eigenvalue weighted by molar-refractivity contribution is 0.138. The number of rotatable bonds is 7. The second kappa shape index (κ2) is 7.75. The first kappa shape index (κ1) is 15.5. The van der Waals surface area contributed by atoms with Crippen LogP contribution < -0.4 is 0 Å². The number of halogens is 2. The fourth-order valence-corrected chi connectivity index (χ4v) is 2.43. The monoisotopic (exact) mass is 272 g/mol. The van der Waals surface area contributed by atoms with E-state index in [4.69, 9.17) is 11.6 Å². The second-order valence-corrected chi connectivity index (χ2v) is 5.31. The molecule has 1 nitrogen and oxygen atoms in total. The van der Waals surface area contributed by atoms with E-state index >= 15 is 0 Å². The molecule has 0 fully saturated rings. The first-order valence-electron chi connectivity index (χ1n) is 6.70. The second-order valence-electron chi connectivity index (χ2n) is 4.87. The molecule has 0 spiro atoms. The molecular weight excluding hydrogens is 251 g/mol. The van der Waals surface area contributed by atoms with Gasteiger partial charge >= 0.3 is 0 Å². The van der Waals surface area contributed by atoms with Gasteiger partial charge in [0, 0.05) is 5.02 Å². The van der Waals surface area contributed by atoms with Crippen molar-refractivity contribution in [2.24, 2.45) is 5.92 Å². The van der Waals surface area contributed by atoms with Gasteiger partial charge in [0.15, 0.2) is 0 Å². The molecule has 0 aliphatic rings. The van der Waals surface area contributed by atoms with Gasteiger partial charge in [0.25, 0.3) is 0 Å². The van der Waals surface area contributed by atoms with E-state index < -0.39 is 11.9 Å². The lowest BCUT2D eigenvalue weighted by Crippen LogP contribution is -2.07. The number of hydrogen-bond donors (Lipinski definition) is 1. The Bertz CT molecular complexity index is 347. The minimum absolute atomic E-state index is 0.339. The largest absolute Gasteiger partial charge is 0.388 e. The zero-order chi connectivity index (χ0) is 13.5. The van der Waals surface area contributed by atoms with Crippen molar-refractivity contribution < 1.29 is 9.50 Å². The molecule has 1 rings (SSSR count). The fourth-order valence-electron chi connectivity index (χ4n) is 2.20. The van der Waals surface area contributed by atoms with Crippen LogP contribution in [0.3, 0.4) is 0 Å². The zero-order valence-corrected chi connectivity index (χ0v) is 11.9. The van der Waals surface area contributed by atoms with Crippen LogP contribution in [0.4, 0.5) is 4.39 Å². The van der Waals surface area contributed by atoms with Crippen LogP contribution in [0.1, 0.15) is 57.6 Å². The summed E-state index contributed by atoms with van der Waals surface area (Å²) in [6, 6.07) is 4.26. The Morgan fingerprint density at radius 2 is 2.00 bits per heavy atom. The van der Waals surface area contributed by atoms with Gasteiger partial charge < -0.3 is 5.11 Å². The highest BCUT2D eigenvalue weighted by molar-refractivity contribution is 6.30. The topological polar surface area (TPSA) is 20.2 Å². The molecule has 3 heteroatoms. The molecule has 1 aromatic carbocycles. The van der Waals surface area contributed by atoms with Gasteiger partial charge in [-0.2, -0.15) is 0 Å². The summed E-state index contributed by atoms with van der Waals surface area (Å²) in [5.41, 5.74) is 0.579. The fraction of sp³-hybridized carbons (Fsp3) is 0.600. The lowest BCUT2D eigenvalue weighted by atomic mass is 9.90. The van der Waals surface area contributed by atoms with Crippen LogP contribution >= 0.6 is 11.6 Å². The van der Waals surface area contributed by atoms with Crippen LogP contribution in [0.2, 0.25) is 5.02 Å². The van der Waals surface area contributed by atoms with Gasteiger partial charge in [0.2, 0.25) is 0 Å². The molecule has 1 aromatic rings. The average molecular weight is 273 g/mol. The van der Waals surface area contributed by atoms with E-state index in [9.17, 15) is 9.50 Å². The van der Waals surface area contributed by atoms with Gasteiger partial charge in [-0.05, 0) is 36.1 Å². The van der Waals surface area contributed by atoms with Crippen LogP contribution in [0.25, 0.3) is 0 Å². The quantitative estimate of drug-likeness (QED) is 0.730. The highest BCUT2D eigenvalue weighted by Crippen LogP contribution is 2.28. The van der Waals surface area contributed by atoms with Crippen LogP contribution in [-0.2, 0) is 0 Å². The predicted octanol–water partition coefficient (Wildman–Crippen LogP) is 5.12. The van der Waals surface area contributed by atoms with Crippen molar-refractivity contribution in [3.63, 3.8) is 0 Å². The molecule has 0 heterocycles. The van der Waals surface area contributed by atoms with Gasteiger partial charge in [-0.15, -0.1) is 0 Å². The Morgan fingerprint density at radius 1 is 1.28 bits per heavy atom. The van der Waals surface area contributed by atoms with E-state index in [0.29, 0.717) is 22.9 Å². The van der Waals surface area contributed by atoms with Gasteiger partial charge in [-0.25, -0.2) is 4.39 Å². The molecule has 0 aliphatic carbocycles. The maximum atomic E-state index is 13.2. The molecule has 102 valence electrons. The summed E-state index contributed by atoms with van der Waals surface area (Å²) in [5, 5.41) is 10.5. The molecule has 0 amide bonds. The van der Waals surface area contributed by atoms with Gasteiger partial charge in [0.1, 0.15) is 5.82 Å². The molecule has 2 unspecified atom stereocenters. The summed E-state index contributed by atoms with van der Waals surface area (Å²) in [7, 11) is 0. The smallest absolute Gasteiger partial charge is 0.125 e. The van der Waals surface area contributed by atoms with E-state index in [1.165, 1.54) is 25.0 Å². The average Bonchev–Trinajstić information content (AvgIpc) is 2.32. The van der Waals surface area contributed by atoms with Crippen molar-refractivity contribution in [3.05, 3.63) is 34.6 Å². The molecule has 0 aromatic heterocycles. The van der Waals surface area contributed by atoms with Crippen molar-refractivity contribution in [3.8, 4) is 0 Å². The van der Waals surface area contributed by atoms with E-state index in [1.807, 2.05) is 0 Å². The molecule has 18 heavy (non-hydrogen) atoms. The first-order chi connectivity index (χ1) is 8.56.